The molecular formula is C7H11F. The topological polar surface area (TPSA) is 0 Å². The molecule has 1 heteroatoms. The van der Waals surface area contributed by atoms with Crippen molar-refractivity contribution in [3.8, 4) is 0 Å². The molecule has 0 rings (SSSR count). The van der Waals surface area contributed by atoms with Gasteiger partial charge in [-0.05, 0) is 12.3 Å². The fourth-order valence-electron chi connectivity index (χ4n) is 0.362. The van der Waals surface area contributed by atoms with E-state index >= 15 is 0 Å². The van der Waals surface area contributed by atoms with E-state index in [9.17, 15) is 4.39 Å². The van der Waals surface area contributed by atoms with Crippen molar-refractivity contribution in [2.24, 2.45) is 5.92 Å². The first kappa shape index (κ1) is 7.41. The maximum Gasteiger partial charge on any atom is 0.0827 e. The molecule has 0 aliphatic carbocycles. The average molecular weight is 114 g/mol. The van der Waals surface area contributed by atoms with Gasteiger partial charge in [0.25, 0.3) is 0 Å². The molecule has 8 heavy (non-hydrogen) atoms. The predicted octanol–water partition coefficient (Wildman–Crippen LogP) is 2.68. The zero-order valence-electron chi connectivity index (χ0n) is 5.10. The lowest BCUT2D eigenvalue weighted by Gasteiger charge is -1.95. The largest absolute Gasteiger partial charge is 0.216 e. The van der Waals surface area contributed by atoms with Gasteiger partial charge in [-0.3, -0.25) is 0 Å². The molecule has 0 radical (unpaired) electrons. The fourth-order valence-corrected chi connectivity index (χ4v) is 0.362. The van der Waals surface area contributed by atoms with Crippen molar-refractivity contribution in [1.82, 2.24) is 0 Å². The van der Waals surface area contributed by atoms with Crippen LogP contribution in [0.3, 0.4) is 0 Å². The summed E-state index contributed by atoms with van der Waals surface area (Å²) in [4.78, 5) is 0. The molecule has 1 atom stereocenters. The SMILES string of the molecule is C=CC(C)C/C=C/F. The van der Waals surface area contributed by atoms with E-state index < -0.39 is 0 Å². The summed E-state index contributed by atoms with van der Waals surface area (Å²) >= 11 is 0. The summed E-state index contributed by atoms with van der Waals surface area (Å²) in [6.45, 7) is 5.55. The molecule has 1 unspecified atom stereocenters. The van der Waals surface area contributed by atoms with Crippen molar-refractivity contribution < 1.29 is 4.39 Å². The Morgan fingerprint density at radius 3 is 2.75 bits per heavy atom. The summed E-state index contributed by atoms with van der Waals surface area (Å²) in [5.74, 6) is 0.391. The molecule has 0 heterocycles. The monoisotopic (exact) mass is 114 g/mol. The van der Waals surface area contributed by atoms with Crippen molar-refractivity contribution >= 4 is 0 Å². The van der Waals surface area contributed by atoms with Gasteiger partial charge >= 0.3 is 0 Å². The second kappa shape index (κ2) is 4.57. The Morgan fingerprint density at radius 1 is 1.75 bits per heavy atom. The molecule has 0 aromatic rings. The molecule has 0 saturated carbocycles. The summed E-state index contributed by atoms with van der Waals surface area (Å²) in [6, 6.07) is 0. The van der Waals surface area contributed by atoms with Crippen LogP contribution in [0.15, 0.2) is 25.1 Å². The van der Waals surface area contributed by atoms with E-state index in [1.54, 1.807) is 6.08 Å². The molecule has 0 bridgehead atoms. The van der Waals surface area contributed by atoms with E-state index in [2.05, 4.69) is 6.58 Å². The summed E-state index contributed by atoms with van der Waals surface area (Å²) < 4.78 is 11.3. The average Bonchev–Trinajstić information content (AvgIpc) is 1.83. The number of allylic oxidation sites excluding steroid dienone is 2. The number of halogens is 1. The van der Waals surface area contributed by atoms with Gasteiger partial charge in [-0.25, -0.2) is 4.39 Å². The minimum atomic E-state index is 0.391. The van der Waals surface area contributed by atoms with Crippen LogP contribution in [0.1, 0.15) is 13.3 Å². The van der Waals surface area contributed by atoms with Crippen LogP contribution in [0.25, 0.3) is 0 Å². The lowest BCUT2D eigenvalue weighted by molar-refractivity contribution is 0.689. The predicted molar refractivity (Wildman–Crippen MR) is 34.2 cm³/mol. The minimum absolute atomic E-state index is 0.391. The van der Waals surface area contributed by atoms with Crippen LogP contribution in [-0.2, 0) is 0 Å². The third-order valence-electron chi connectivity index (χ3n) is 0.999. The van der Waals surface area contributed by atoms with Gasteiger partial charge in [0.15, 0.2) is 0 Å². The zero-order chi connectivity index (χ0) is 6.41. The van der Waals surface area contributed by atoms with Crippen molar-refractivity contribution in [2.75, 3.05) is 0 Å². The minimum Gasteiger partial charge on any atom is -0.216 e. The highest BCUT2D eigenvalue weighted by Gasteiger charge is 1.88. The van der Waals surface area contributed by atoms with Crippen molar-refractivity contribution in [3.05, 3.63) is 25.1 Å². The Labute approximate surface area is 49.7 Å². The van der Waals surface area contributed by atoms with Gasteiger partial charge in [0.2, 0.25) is 0 Å². The first-order valence-electron chi connectivity index (χ1n) is 2.69. The van der Waals surface area contributed by atoms with Crippen LogP contribution in [0.2, 0.25) is 0 Å². The second-order valence-electron chi connectivity index (χ2n) is 1.81. The Bertz CT molecular complexity index is 84.4. The normalized spacial score (nSPS) is 14.2. The Morgan fingerprint density at radius 2 is 2.38 bits per heavy atom. The molecule has 46 valence electrons. The van der Waals surface area contributed by atoms with Crippen LogP contribution in [0, 0.1) is 5.92 Å². The molecular weight excluding hydrogens is 103 g/mol. The van der Waals surface area contributed by atoms with Gasteiger partial charge in [-0.1, -0.05) is 19.1 Å². The maximum atomic E-state index is 11.3. The molecule has 0 aliphatic rings. The maximum absolute atomic E-state index is 11.3. The van der Waals surface area contributed by atoms with Crippen LogP contribution < -0.4 is 0 Å². The number of hydrogen-bond donors (Lipinski definition) is 0. The standard InChI is InChI=1S/C7H11F/c1-3-7(2)5-4-6-8/h3-4,6-7H,1,5H2,2H3/b6-4+. The second-order valence-corrected chi connectivity index (χ2v) is 1.81. The molecule has 0 spiro atoms. The molecule has 0 aliphatic heterocycles. The number of rotatable bonds is 3. The molecule has 0 N–H and O–H groups in total. The highest BCUT2D eigenvalue weighted by molar-refractivity contribution is 4.83. The van der Waals surface area contributed by atoms with Crippen molar-refractivity contribution in [3.63, 3.8) is 0 Å². The summed E-state index contributed by atoms with van der Waals surface area (Å²) in [5.41, 5.74) is 0. The Balaban J connectivity index is 3.23. The van der Waals surface area contributed by atoms with Crippen LogP contribution in [0.4, 0.5) is 4.39 Å². The van der Waals surface area contributed by atoms with Crippen LogP contribution in [0.5, 0.6) is 0 Å². The molecule has 0 saturated heterocycles. The molecule has 0 fully saturated rings. The van der Waals surface area contributed by atoms with Gasteiger partial charge in [0, 0.05) is 0 Å². The van der Waals surface area contributed by atoms with E-state index in [0.29, 0.717) is 12.2 Å². The van der Waals surface area contributed by atoms with E-state index in [-0.39, 0.29) is 0 Å². The summed E-state index contributed by atoms with van der Waals surface area (Å²) in [6.07, 6.45) is 4.62. The third-order valence-corrected chi connectivity index (χ3v) is 0.999. The first-order valence-corrected chi connectivity index (χ1v) is 2.69. The van der Waals surface area contributed by atoms with Gasteiger partial charge in [0.1, 0.15) is 0 Å². The molecule has 0 amide bonds. The highest BCUT2D eigenvalue weighted by Crippen LogP contribution is 2.02. The van der Waals surface area contributed by atoms with Crippen LogP contribution in [-0.4, -0.2) is 0 Å². The van der Waals surface area contributed by atoms with Crippen molar-refractivity contribution in [1.29, 1.82) is 0 Å². The van der Waals surface area contributed by atoms with E-state index in [1.807, 2.05) is 6.92 Å². The van der Waals surface area contributed by atoms with E-state index in [0.717, 1.165) is 6.42 Å². The van der Waals surface area contributed by atoms with Gasteiger partial charge in [-0.2, -0.15) is 0 Å². The summed E-state index contributed by atoms with van der Waals surface area (Å²) in [7, 11) is 0. The Hall–Kier alpha value is -0.590. The van der Waals surface area contributed by atoms with E-state index in [4.69, 9.17) is 0 Å². The zero-order valence-corrected chi connectivity index (χ0v) is 5.10. The molecule has 0 aromatic carbocycles. The Kier molecular flexibility index (Phi) is 4.23. The quantitative estimate of drug-likeness (QED) is 0.495. The lowest BCUT2D eigenvalue weighted by Crippen LogP contribution is -1.82. The highest BCUT2D eigenvalue weighted by atomic mass is 19.1. The van der Waals surface area contributed by atoms with Gasteiger partial charge in [0.05, 0.1) is 6.33 Å². The summed E-state index contributed by atoms with van der Waals surface area (Å²) in [5, 5.41) is 0. The third kappa shape index (κ3) is 3.59. The molecule has 0 nitrogen and oxygen atoms in total. The van der Waals surface area contributed by atoms with E-state index in [1.165, 1.54) is 6.08 Å². The van der Waals surface area contributed by atoms with Gasteiger partial charge in [-0.15, -0.1) is 6.58 Å². The fraction of sp³-hybridized carbons (Fsp3) is 0.429. The molecule has 0 aromatic heterocycles. The first-order chi connectivity index (χ1) is 3.81. The van der Waals surface area contributed by atoms with Gasteiger partial charge < -0.3 is 0 Å². The number of hydrogen-bond acceptors (Lipinski definition) is 0. The van der Waals surface area contributed by atoms with Crippen molar-refractivity contribution in [2.45, 2.75) is 13.3 Å². The lowest BCUT2D eigenvalue weighted by atomic mass is 10.1. The van der Waals surface area contributed by atoms with Crippen LogP contribution >= 0.6 is 0 Å². The smallest absolute Gasteiger partial charge is 0.0827 e.